The van der Waals surface area contributed by atoms with Crippen LogP contribution >= 0.6 is 0 Å². The van der Waals surface area contributed by atoms with Crippen molar-refractivity contribution in [3.63, 3.8) is 0 Å². The van der Waals surface area contributed by atoms with Crippen molar-refractivity contribution < 1.29 is 0 Å². The molecule has 1 aromatic heterocycles. The predicted octanol–water partition coefficient (Wildman–Crippen LogP) is 4.46. The van der Waals surface area contributed by atoms with Gasteiger partial charge in [-0.3, -0.25) is 0 Å². The summed E-state index contributed by atoms with van der Waals surface area (Å²) in [5.74, 6) is 1.18. The third-order valence-electron chi connectivity index (χ3n) is 4.68. The summed E-state index contributed by atoms with van der Waals surface area (Å²) >= 11 is 0. The minimum Gasteiger partial charge on any atom is -0.398 e. The number of nitrogens with one attached hydrogen (secondary N) is 1. The van der Waals surface area contributed by atoms with E-state index in [1.807, 2.05) is 30.3 Å². The van der Waals surface area contributed by atoms with Crippen molar-refractivity contribution in [2.24, 2.45) is 0 Å². The van der Waals surface area contributed by atoms with Gasteiger partial charge in [-0.15, -0.1) is 0 Å². The van der Waals surface area contributed by atoms with Gasteiger partial charge < -0.3 is 16.9 Å². The Morgan fingerprint density at radius 3 is 2.56 bits per heavy atom. The molecule has 0 unspecified atom stereocenters. The Morgan fingerprint density at radius 1 is 0.960 bits per heavy atom. The van der Waals surface area contributed by atoms with E-state index in [9.17, 15) is 0 Å². The average Bonchev–Trinajstić information content (AvgIpc) is 3.48. The van der Waals surface area contributed by atoms with Gasteiger partial charge >= 0.3 is 0 Å². The largest absolute Gasteiger partial charge is 0.398 e. The molecule has 0 atom stereocenters. The van der Waals surface area contributed by atoms with Crippen LogP contribution in [0.5, 0.6) is 0 Å². The molecule has 1 fully saturated rings. The van der Waals surface area contributed by atoms with Crippen molar-refractivity contribution in [2.75, 3.05) is 11.5 Å². The normalized spacial score (nSPS) is 13.6. The first kappa shape index (κ1) is 15.4. The first-order chi connectivity index (χ1) is 12.2. The van der Waals surface area contributed by atoms with Crippen LogP contribution in [-0.4, -0.2) is 11.2 Å². The smallest absolute Gasteiger partial charge is 0.124 e. The Kier molecular flexibility index (Phi) is 3.73. The van der Waals surface area contributed by atoms with Crippen molar-refractivity contribution in [3.05, 3.63) is 65.7 Å². The molecule has 0 amide bonds. The molecule has 1 heterocycles. The maximum atomic E-state index is 7.54. The Hall–Kier alpha value is -3.14. The summed E-state index contributed by atoms with van der Waals surface area (Å²) in [4.78, 5) is 4.61. The topological polar surface area (TPSA) is 88.8 Å². The molecule has 124 valence electrons. The Labute approximate surface area is 147 Å². The highest BCUT2D eigenvalue weighted by atomic mass is 14.8. The highest BCUT2D eigenvalue weighted by Crippen LogP contribution is 2.42. The maximum absolute atomic E-state index is 7.54. The summed E-state index contributed by atoms with van der Waals surface area (Å²) < 4.78 is 0. The van der Waals surface area contributed by atoms with E-state index in [-0.39, 0.29) is 0 Å². The number of aromatic nitrogens is 1. The van der Waals surface area contributed by atoms with Crippen LogP contribution in [0.25, 0.3) is 22.4 Å². The first-order valence-electron chi connectivity index (χ1n) is 8.43. The Morgan fingerprint density at radius 2 is 1.80 bits per heavy atom. The molecule has 0 aliphatic heterocycles. The van der Waals surface area contributed by atoms with Gasteiger partial charge in [0.05, 0.1) is 5.69 Å². The zero-order valence-electron chi connectivity index (χ0n) is 13.9. The number of nitrogen functional groups attached to an aromatic ring is 2. The van der Waals surface area contributed by atoms with Gasteiger partial charge in [-0.25, -0.2) is 4.98 Å². The molecule has 0 saturated heterocycles. The minimum atomic E-state index is 0.498. The third-order valence-corrected chi connectivity index (χ3v) is 4.68. The Balaban J connectivity index is 1.87. The van der Waals surface area contributed by atoms with Gasteiger partial charge in [-0.05, 0) is 60.2 Å². The van der Waals surface area contributed by atoms with E-state index in [2.05, 4.69) is 29.2 Å². The van der Waals surface area contributed by atoms with Crippen LogP contribution < -0.4 is 11.5 Å². The van der Waals surface area contributed by atoms with E-state index in [0.717, 1.165) is 22.4 Å². The van der Waals surface area contributed by atoms with Gasteiger partial charge in [0.25, 0.3) is 0 Å². The zero-order valence-corrected chi connectivity index (χ0v) is 13.9. The van der Waals surface area contributed by atoms with Gasteiger partial charge in [-0.1, -0.05) is 24.3 Å². The molecule has 25 heavy (non-hydrogen) atoms. The molecule has 4 heteroatoms. The number of hydrogen-bond acceptors (Lipinski definition) is 4. The summed E-state index contributed by atoms with van der Waals surface area (Å²) in [7, 11) is 0. The van der Waals surface area contributed by atoms with Crippen LogP contribution in [-0.2, 0) is 0 Å². The van der Waals surface area contributed by atoms with E-state index in [1.165, 1.54) is 24.6 Å². The number of hydrogen-bond donors (Lipinski definition) is 3. The molecule has 0 radical (unpaired) electrons. The number of benzene rings is 2. The average molecular weight is 328 g/mol. The van der Waals surface area contributed by atoms with Crippen LogP contribution in [0.4, 0.5) is 11.5 Å². The molecule has 1 saturated carbocycles. The lowest BCUT2D eigenvalue weighted by molar-refractivity contribution is 1.13. The lowest BCUT2D eigenvalue weighted by Gasteiger charge is -2.12. The van der Waals surface area contributed by atoms with E-state index in [1.54, 1.807) is 0 Å². The second kappa shape index (κ2) is 6.06. The quantitative estimate of drug-likeness (QED) is 0.488. The van der Waals surface area contributed by atoms with Crippen molar-refractivity contribution in [1.29, 1.82) is 5.41 Å². The summed E-state index contributed by atoms with van der Waals surface area (Å²) in [5.41, 5.74) is 18.5. The van der Waals surface area contributed by atoms with Crippen molar-refractivity contribution in [1.82, 2.24) is 4.98 Å². The monoisotopic (exact) mass is 328 g/mol. The second-order valence-corrected chi connectivity index (χ2v) is 6.52. The van der Waals surface area contributed by atoms with Crippen molar-refractivity contribution in [3.8, 4) is 22.4 Å². The van der Waals surface area contributed by atoms with Crippen LogP contribution in [0.1, 0.15) is 29.9 Å². The Bertz CT molecular complexity index is 958. The molecule has 1 aliphatic rings. The van der Waals surface area contributed by atoms with E-state index >= 15 is 0 Å². The lowest BCUT2D eigenvalue weighted by Crippen LogP contribution is -1.97. The summed E-state index contributed by atoms with van der Waals surface area (Å²) in [5, 5.41) is 7.54. The molecule has 3 aromatic rings. The summed E-state index contributed by atoms with van der Waals surface area (Å²) in [6.07, 6.45) is 3.81. The molecule has 5 N–H and O–H groups in total. The molecule has 4 rings (SSSR count). The predicted molar refractivity (Wildman–Crippen MR) is 104 cm³/mol. The highest BCUT2D eigenvalue weighted by Gasteiger charge is 2.24. The maximum Gasteiger partial charge on any atom is 0.124 e. The molecule has 4 nitrogen and oxygen atoms in total. The molecule has 0 bridgehead atoms. The van der Waals surface area contributed by atoms with E-state index in [0.29, 0.717) is 23.0 Å². The first-order valence-corrected chi connectivity index (χ1v) is 8.43. The van der Waals surface area contributed by atoms with Crippen molar-refractivity contribution >= 4 is 17.7 Å². The minimum absolute atomic E-state index is 0.498. The fourth-order valence-corrected chi connectivity index (χ4v) is 3.15. The van der Waals surface area contributed by atoms with Gasteiger partial charge in [0.1, 0.15) is 5.82 Å². The molecular weight excluding hydrogens is 308 g/mol. The molecule has 2 aromatic carbocycles. The second-order valence-electron chi connectivity index (χ2n) is 6.52. The van der Waals surface area contributed by atoms with Crippen molar-refractivity contribution in [2.45, 2.75) is 18.8 Å². The molecular formula is C21H20N4. The standard InChI is InChI=1S/C21H20N4/c22-12-17-11-15(6-8-19(17)23)18-7-9-20(24)25-21(18)16-3-1-2-14(10-16)13-4-5-13/h1-3,6-13,22H,4-5,23H2,(H2,24,25). The van der Waals surface area contributed by atoms with Crippen LogP contribution in [0.3, 0.4) is 0 Å². The van der Waals surface area contributed by atoms with E-state index in [4.69, 9.17) is 16.9 Å². The fraction of sp³-hybridized carbons (Fsp3) is 0.143. The number of rotatable bonds is 4. The van der Waals surface area contributed by atoms with Gasteiger partial charge in [0, 0.05) is 28.6 Å². The van der Waals surface area contributed by atoms with E-state index < -0.39 is 0 Å². The van der Waals surface area contributed by atoms with Crippen LogP contribution in [0.2, 0.25) is 0 Å². The van der Waals surface area contributed by atoms with Gasteiger partial charge in [-0.2, -0.15) is 0 Å². The van der Waals surface area contributed by atoms with Gasteiger partial charge in [0.2, 0.25) is 0 Å². The number of nitrogens with zero attached hydrogens (tertiary/aromatic N) is 1. The lowest BCUT2D eigenvalue weighted by atomic mass is 9.96. The number of pyridine rings is 1. The van der Waals surface area contributed by atoms with Crippen LogP contribution in [0.15, 0.2) is 54.6 Å². The highest BCUT2D eigenvalue weighted by molar-refractivity contribution is 5.90. The molecule has 0 spiro atoms. The van der Waals surface area contributed by atoms with Gasteiger partial charge in [0.15, 0.2) is 0 Å². The summed E-state index contributed by atoms with van der Waals surface area (Å²) in [6, 6.07) is 18.1. The van der Waals surface area contributed by atoms with Crippen LogP contribution in [0, 0.1) is 5.41 Å². The third kappa shape index (κ3) is 2.98. The fourth-order valence-electron chi connectivity index (χ4n) is 3.15. The zero-order chi connectivity index (χ0) is 17.4. The SMILES string of the molecule is N=Cc1cc(-c2ccc(N)nc2-c2cccc(C3CC3)c2)ccc1N. The molecule has 1 aliphatic carbocycles. The summed E-state index contributed by atoms with van der Waals surface area (Å²) in [6.45, 7) is 0. The number of nitrogens with two attached hydrogens (primary N) is 2. The number of anilines is 2.